The van der Waals surface area contributed by atoms with Crippen LogP contribution < -0.4 is 11.1 Å². The predicted octanol–water partition coefficient (Wildman–Crippen LogP) is 0.411. The van der Waals surface area contributed by atoms with Crippen molar-refractivity contribution in [2.45, 2.75) is 37.8 Å². The van der Waals surface area contributed by atoms with E-state index in [4.69, 9.17) is 12.2 Å². The zero-order chi connectivity index (χ0) is 11.3. The molecule has 0 aliphatic carbocycles. The van der Waals surface area contributed by atoms with Gasteiger partial charge in [-0.15, -0.1) is 12.3 Å². The third kappa shape index (κ3) is 3.20. The van der Waals surface area contributed by atoms with Gasteiger partial charge in [-0.3, -0.25) is 0 Å². The van der Waals surface area contributed by atoms with Gasteiger partial charge in [0.25, 0.3) is 0 Å². The lowest BCUT2D eigenvalue weighted by Crippen LogP contribution is -2.59. The van der Waals surface area contributed by atoms with Gasteiger partial charge in [0.05, 0.1) is 0 Å². The van der Waals surface area contributed by atoms with E-state index in [-0.39, 0.29) is 5.54 Å². The quantitative estimate of drug-likeness (QED) is 0.520. The smallest absolute Gasteiger partial charge is 0.0331 e. The number of piperidine rings is 1. The Balaban J connectivity index is 2.50. The highest BCUT2D eigenvalue weighted by Crippen LogP contribution is 2.24. The van der Waals surface area contributed by atoms with Gasteiger partial charge in [0.15, 0.2) is 0 Å². The lowest BCUT2D eigenvalue weighted by Gasteiger charge is -2.44. The molecule has 3 N–H and O–H groups in total. The van der Waals surface area contributed by atoms with E-state index in [1.54, 1.807) is 0 Å². The van der Waals surface area contributed by atoms with Crippen molar-refractivity contribution in [3.8, 4) is 12.3 Å². The van der Waals surface area contributed by atoms with Gasteiger partial charge < -0.3 is 16.0 Å². The number of nitrogens with one attached hydrogen (secondary N) is 1. The van der Waals surface area contributed by atoms with Gasteiger partial charge >= 0.3 is 0 Å². The maximum atomic E-state index is 5.90. The largest absolute Gasteiger partial charge is 0.329 e. The number of terminal acetylenes is 1. The highest BCUT2D eigenvalue weighted by Gasteiger charge is 2.35. The Morgan fingerprint density at radius 2 is 2.40 bits per heavy atom. The van der Waals surface area contributed by atoms with Crippen molar-refractivity contribution in [2.24, 2.45) is 5.73 Å². The molecule has 1 saturated heterocycles. The predicted molar refractivity (Wildman–Crippen MR) is 64.6 cm³/mol. The molecule has 1 heterocycles. The van der Waals surface area contributed by atoms with Crippen LogP contribution in [0, 0.1) is 12.3 Å². The van der Waals surface area contributed by atoms with E-state index in [1.807, 2.05) is 0 Å². The van der Waals surface area contributed by atoms with Gasteiger partial charge in [0, 0.05) is 31.1 Å². The van der Waals surface area contributed by atoms with Crippen molar-refractivity contribution in [1.29, 1.82) is 0 Å². The van der Waals surface area contributed by atoms with E-state index in [0.717, 1.165) is 32.4 Å². The second kappa shape index (κ2) is 5.50. The average Bonchev–Trinajstić information content (AvgIpc) is 2.24. The molecule has 0 saturated carbocycles. The van der Waals surface area contributed by atoms with Crippen LogP contribution in [0.1, 0.15) is 26.2 Å². The highest BCUT2D eigenvalue weighted by atomic mass is 15.2. The highest BCUT2D eigenvalue weighted by molar-refractivity contribution is 4.97. The molecule has 0 aromatic rings. The minimum atomic E-state index is 0.114. The molecule has 1 rings (SSSR count). The SMILES string of the molecule is C#CCCNC1(CN)CCN(C)C(C)C1. The molecular formula is C12H23N3. The summed E-state index contributed by atoms with van der Waals surface area (Å²) in [5.41, 5.74) is 6.01. The summed E-state index contributed by atoms with van der Waals surface area (Å²) in [6.45, 7) is 4.95. The number of rotatable bonds is 4. The molecule has 3 nitrogen and oxygen atoms in total. The first-order valence-corrected chi connectivity index (χ1v) is 5.72. The monoisotopic (exact) mass is 209 g/mol. The zero-order valence-corrected chi connectivity index (χ0v) is 9.92. The van der Waals surface area contributed by atoms with Gasteiger partial charge in [0.1, 0.15) is 0 Å². The van der Waals surface area contributed by atoms with E-state index in [2.05, 4.69) is 30.1 Å². The van der Waals surface area contributed by atoms with E-state index in [0.29, 0.717) is 12.6 Å². The van der Waals surface area contributed by atoms with E-state index >= 15 is 0 Å². The first-order valence-electron chi connectivity index (χ1n) is 5.72. The summed E-state index contributed by atoms with van der Waals surface area (Å²) in [4.78, 5) is 2.39. The summed E-state index contributed by atoms with van der Waals surface area (Å²) in [5.74, 6) is 2.65. The van der Waals surface area contributed by atoms with Crippen molar-refractivity contribution in [2.75, 3.05) is 26.7 Å². The molecule has 0 spiro atoms. The standard InChI is InChI=1S/C12H23N3/c1-4-5-7-14-12(10-13)6-8-15(3)11(2)9-12/h1,11,14H,5-10,13H2,2-3H3. The molecule has 3 heteroatoms. The number of nitrogens with two attached hydrogens (primary N) is 1. The van der Waals surface area contributed by atoms with E-state index in [1.165, 1.54) is 0 Å². The molecule has 1 fully saturated rings. The summed E-state index contributed by atoms with van der Waals surface area (Å²) in [6, 6.07) is 0.598. The number of nitrogens with zero attached hydrogens (tertiary/aromatic N) is 1. The van der Waals surface area contributed by atoms with Gasteiger partial charge in [0.2, 0.25) is 0 Å². The van der Waals surface area contributed by atoms with Crippen molar-refractivity contribution >= 4 is 0 Å². The summed E-state index contributed by atoms with van der Waals surface area (Å²) in [5, 5.41) is 3.54. The Morgan fingerprint density at radius 1 is 1.67 bits per heavy atom. The van der Waals surface area contributed by atoms with Crippen molar-refractivity contribution in [3.05, 3.63) is 0 Å². The van der Waals surface area contributed by atoms with Crippen molar-refractivity contribution < 1.29 is 0 Å². The fourth-order valence-electron chi connectivity index (χ4n) is 2.25. The number of likely N-dealkylation sites (tertiary alicyclic amines) is 1. The van der Waals surface area contributed by atoms with Gasteiger partial charge in [-0.25, -0.2) is 0 Å². The molecule has 1 aliphatic rings. The second-order valence-electron chi connectivity index (χ2n) is 4.65. The molecule has 0 bridgehead atoms. The number of hydrogen-bond donors (Lipinski definition) is 2. The minimum Gasteiger partial charge on any atom is -0.329 e. The van der Waals surface area contributed by atoms with Crippen LogP contribution in [0.4, 0.5) is 0 Å². The third-order valence-corrected chi connectivity index (χ3v) is 3.54. The molecule has 0 radical (unpaired) electrons. The molecule has 1 aliphatic heterocycles. The Morgan fingerprint density at radius 3 is 2.93 bits per heavy atom. The lowest BCUT2D eigenvalue weighted by molar-refractivity contribution is 0.112. The van der Waals surface area contributed by atoms with Crippen LogP contribution in [-0.2, 0) is 0 Å². The Kier molecular flexibility index (Phi) is 4.59. The van der Waals surface area contributed by atoms with Crippen LogP contribution >= 0.6 is 0 Å². The second-order valence-corrected chi connectivity index (χ2v) is 4.65. The van der Waals surface area contributed by atoms with Crippen LogP contribution in [0.5, 0.6) is 0 Å². The van der Waals surface area contributed by atoms with Crippen LogP contribution in [0.15, 0.2) is 0 Å². The van der Waals surface area contributed by atoms with Gasteiger partial charge in [-0.2, -0.15) is 0 Å². The third-order valence-electron chi connectivity index (χ3n) is 3.54. The molecular weight excluding hydrogens is 186 g/mol. The van der Waals surface area contributed by atoms with Crippen LogP contribution in [0.25, 0.3) is 0 Å². The lowest BCUT2D eigenvalue weighted by atomic mass is 9.83. The Bertz CT molecular complexity index is 234. The zero-order valence-electron chi connectivity index (χ0n) is 9.92. The average molecular weight is 209 g/mol. The van der Waals surface area contributed by atoms with Crippen molar-refractivity contribution in [3.63, 3.8) is 0 Å². The molecule has 2 atom stereocenters. The maximum Gasteiger partial charge on any atom is 0.0331 e. The topological polar surface area (TPSA) is 41.3 Å². The summed E-state index contributed by atoms with van der Waals surface area (Å²) >= 11 is 0. The molecule has 86 valence electrons. The summed E-state index contributed by atoms with van der Waals surface area (Å²) in [6.07, 6.45) is 8.27. The molecule has 2 unspecified atom stereocenters. The fourth-order valence-corrected chi connectivity index (χ4v) is 2.25. The Hall–Kier alpha value is -0.560. The van der Waals surface area contributed by atoms with Crippen LogP contribution in [0.2, 0.25) is 0 Å². The van der Waals surface area contributed by atoms with Gasteiger partial charge in [-0.05, 0) is 33.4 Å². The number of hydrogen-bond acceptors (Lipinski definition) is 3. The normalized spacial score (nSPS) is 32.5. The van der Waals surface area contributed by atoms with Crippen molar-refractivity contribution in [1.82, 2.24) is 10.2 Å². The molecule has 0 aromatic carbocycles. The Labute approximate surface area is 93.4 Å². The van der Waals surface area contributed by atoms with E-state index < -0.39 is 0 Å². The summed E-state index contributed by atoms with van der Waals surface area (Å²) in [7, 11) is 2.17. The first-order chi connectivity index (χ1) is 7.13. The maximum absolute atomic E-state index is 5.90. The summed E-state index contributed by atoms with van der Waals surface area (Å²) < 4.78 is 0. The van der Waals surface area contributed by atoms with E-state index in [9.17, 15) is 0 Å². The van der Waals surface area contributed by atoms with Crippen LogP contribution in [-0.4, -0.2) is 43.2 Å². The molecule has 0 aromatic heterocycles. The molecule has 15 heavy (non-hydrogen) atoms. The first kappa shape index (κ1) is 12.5. The van der Waals surface area contributed by atoms with Crippen LogP contribution in [0.3, 0.4) is 0 Å². The fraction of sp³-hybridized carbons (Fsp3) is 0.833. The molecule has 0 amide bonds. The minimum absolute atomic E-state index is 0.114. The van der Waals surface area contributed by atoms with Gasteiger partial charge in [-0.1, -0.05) is 0 Å².